The van der Waals surface area contributed by atoms with Crippen molar-refractivity contribution in [3.63, 3.8) is 0 Å². The summed E-state index contributed by atoms with van der Waals surface area (Å²) in [6.07, 6.45) is 0. The van der Waals surface area contributed by atoms with E-state index < -0.39 is 0 Å². The van der Waals surface area contributed by atoms with Gasteiger partial charge in [0.2, 0.25) is 0 Å². The van der Waals surface area contributed by atoms with Gasteiger partial charge in [-0.05, 0) is 34.4 Å². The number of hydrogen-bond acceptors (Lipinski definition) is 5. The fourth-order valence-corrected chi connectivity index (χ4v) is 10.8. The SMILES string of the molecule is COc1ccc(C2(c3cccc(C4(c5ccccc5)SCCS4)c3)SCCS2)cc1. The molecule has 2 heterocycles. The van der Waals surface area contributed by atoms with Gasteiger partial charge in [-0.1, -0.05) is 66.7 Å². The zero-order valence-electron chi connectivity index (χ0n) is 16.9. The van der Waals surface area contributed by atoms with E-state index in [1.54, 1.807) is 7.11 Å². The quantitative estimate of drug-likeness (QED) is 0.395. The van der Waals surface area contributed by atoms with Gasteiger partial charge in [-0.2, -0.15) is 0 Å². The van der Waals surface area contributed by atoms with Crippen molar-refractivity contribution in [3.8, 4) is 5.75 Å². The Morgan fingerprint density at radius 3 is 1.53 bits per heavy atom. The first kappa shape index (κ1) is 20.7. The van der Waals surface area contributed by atoms with E-state index in [0.717, 1.165) is 5.75 Å². The summed E-state index contributed by atoms with van der Waals surface area (Å²) in [5.74, 6) is 5.65. The summed E-state index contributed by atoms with van der Waals surface area (Å²) in [5, 5.41) is 0. The Morgan fingerprint density at radius 2 is 1.03 bits per heavy atom. The zero-order valence-corrected chi connectivity index (χ0v) is 20.1. The lowest BCUT2D eigenvalue weighted by atomic mass is 9.97. The molecule has 3 aromatic carbocycles. The summed E-state index contributed by atoms with van der Waals surface area (Å²) in [4.78, 5) is 0. The van der Waals surface area contributed by atoms with Crippen LogP contribution < -0.4 is 4.74 Å². The van der Waals surface area contributed by atoms with Gasteiger partial charge in [-0.3, -0.25) is 0 Å². The third kappa shape index (κ3) is 3.58. The van der Waals surface area contributed by atoms with Gasteiger partial charge in [0.15, 0.2) is 0 Å². The minimum absolute atomic E-state index is 0.00763. The maximum Gasteiger partial charge on any atom is 0.118 e. The molecule has 0 radical (unpaired) electrons. The maximum atomic E-state index is 5.40. The normalized spacial score (nSPS) is 19.6. The zero-order chi connectivity index (χ0) is 20.4. The van der Waals surface area contributed by atoms with E-state index in [0.29, 0.717) is 0 Å². The van der Waals surface area contributed by atoms with Gasteiger partial charge in [0.25, 0.3) is 0 Å². The molecule has 0 aliphatic carbocycles. The molecule has 2 fully saturated rings. The van der Waals surface area contributed by atoms with E-state index >= 15 is 0 Å². The largest absolute Gasteiger partial charge is 0.497 e. The van der Waals surface area contributed by atoms with Crippen molar-refractivity contribution >= 4 is 47.0 Å². The van der Waals surface area contributed by atoms with Gasteiger partial charge in [0.05, 0.1) is 7.11 Å². The van der Waals surface area contributed by atoms with Crippen LogP contribution in [0.3, 0.4) is 0 Å². The summed E-state index contributed by atoms with van der Waals surface area (Å²) in [6.45, 7) is 0. The van der Waals surface area contributed by atoms with Crippen LogP contribution in [-0.4, -0.2) is 30.1 Å². The molecule has 0 N–H and O–H groups in total. The first-order valence-electron chi connectivity index (χ1n) is 10.1. The highest BCUT2D eigenvalue weighted by molar-refractivity contribution is 8.21. The van der Waals surface area contributed by atoms with Gasteiger partial charge >= 0.3 is 0 Å². The molecule has 0 aromatic heterocycles. The van der Waals surface area contributed by atoms with Crippen LogP contribution in [0.5, 0.6) is 5.75 Å². The van der Waals surface area contributed by atoms with Crippen molar-refractivity contribution in [2.75, 3.05) is 30.1 Å². The summed E-state index contributed by atoms with van der Waals surface area (Å²) in [6, 6.07) is 29.1. The molecule has 2 aliphatic heterocycles. The predicted molar refractivity (Wildman–Crippen MR) is 137 cm³/mol. The van der Waals surface area contributed by atoms with E-state index in [-0.39, 0.29) is 8.16 Å². The monoisotopic (exact) mass is 468 g/mol. The van der Waals surface area contributed by atoms with Crippen molar-refractivity contribution in [2.45, 2.75) is 8.16 Å². The lowest BCUT2D eigenvalue weighted by Crippen LogP contribution is -2.20. The van der Waals surface area contributed by atoms with Gasteiger partial charge in [0, 0.05) is 23.0 Å². The molecule has 2 saturated heterocycles. The van der Waals surface area contributed by atoms with E-state index in [2.05, 4.69) is 126 Å². The topological polar surface area (TPSA) is 9.23 Å². The highest BCUT2D eigenvalue weighted by atomic mass is 32.2. The van der Waals surface area contributed by atoms with E-state index in [1.807, 2.05) is 0 Å². The molecule has 5 rings (SSSR count). The van der Waals surface area contributed by atoms with E-state index in [1.165, 1.54) is 45.3 Å². The number of ether oxygens (including phenoxy) is 1. The molecule has 0 unspecified atom stereocenters. The lowest BCUT2D eigenvalue weighted by Gasteiger charge is -2.33. The molecule has 0 spiro atoms. The van der Waals surface area contributed by atoms with Crippen LogP contribution in [0.2, 0.25) is 0 Å². The Kier molecular flexibility index (Phi) is 6.07. The van der Waals surface area contributed by atoms with Crippen LogP contribution in [-0.2, 0) is 8.16 Å². The molecule has 0 atom stereocenters. The summed E-state index contributed by atoms with van der Waals surface area (Å²) in [5.41, 5.74) is 5.58. The minimum atomic E-state index is -0.0475. The molecule has 2 aliphatic rings. The predicted octanol–water partition coefficient (Wildman–Crippen LogP) is 7.06. The van der Waals surface area contributed by atoms with Crippen LogP contribution in [0.15, 0.2) is 78.9 Å². The van der Waals surface area contributed by atoms with Crippen molar-refractivity contribution in [3.05, 3.63) is 101 Å². The van der Waals surface area contributed by atoms with Gasteiger partial charge in [0.1, 0.15) is 13.9 Å². The standard InChI is InChI=1S/C25H24OS4/c1-26-23-12-10-20(11-13-23)25(29-16-17-30-25)22-9-5-8-21(18-22)24(27-14-15-28-24)19-6-3-2-4-7-19/h2-13,18H,14-17H2,1H3. The number of rotatable bonds is 5. The highest BCUT2D eigenvalue weighted by Gasteiger charge is 2.43. The minimum Gasteiger partial charge on any atom is -0.497 e. The summed E-state index contributed by atoms with van der Waals surface area (Å²) < 4.78 is 5.35. The molecule has 154 valence electrons. The highest BCUT2D eigenvalue weighted by Crippen LogP contribution is 2.59. The Labute approximate surface area is 196 Å². The Morgan fingerprint density at radius 1 is 0.567 bits per heavy atom. The molecule has 30 heavy (non-hydrogen) atoms. The molecule has 1 nitrogen and oxygen atoms in total. The molecular formula is C25H24OS4. The fourth-order valence-electron chi connectivity index (χ4n) is 4.22. The van der Waals surface area contributed by atoms with Crippen LogP contribution in [0.1, 0.15) is 22.3 Å². The van der Waals surface area contributed by atoms with Gasteiger partial charge in [-0.25, -0.2) is 0 Å². The van der Waals surface area contributed by atoms with Crippen molar-refractivity contribution in [1.82, 2.24) is 0 Å². The second-order valence-electron chi connectivity index (χ2n) is 7.30. The smallest absolute Gasteiger partial charge is 0.118 e. The molecule has 0 saturated carbocycles. The second kappa shape index (κ2) is 8.78. The maximum absolute atomic E-state index is 5.40. The van der Waals surface area contributed by atoms with Crippen LogP contribution in [0, 0.1) is 0 Å². The first-order valence-corrected chi connectivity index (χ1v) is 14.1. The van der Waals surface area contributed by atoms with Crippen molar-refractivity contribution in [1.29, 1.82) is 0 Å². The molecule has 3 aromatic rings. The molecule has 0 amide bonds. The van der Waals surface area contributed by atoms with E-state index in [9.17, 15) is 0 Å². The van der Waals surface area contributed by atoms with E-state index in [4.69, 9.17) is 4.74 Å². The second-order valence-corrected chi connectivity index (χ2v) is 13.1. The number of benzene rings is 3. The average Bonchev–Trinajstić information content (AvgIpc) is 3.52. The van der Waals surface area contributed by atoms with Crippen LogP contribution >= 0.6 is 47.0 Å². The molecule has 5 heteroatoms. The Balaban J connectivity index is 1.61. The summed E-state index contributed by atoms with van der Waals surface area (Å²) in [7, 11) is 1.73. The molecular weight excluding hydrogens is 445 g/mol. The lowest BCUT2D eigenvalue weighted by molar-refractivity contribution is 0.414. The molecule has 0 bridgehead atoms. The fraction of sp³-hybridized carbons (Fsp3) is 0.280. The average molecular weight is 469 g/mol. The van der Waals surface area contributed by atoms with Gasteiger partial charge < -0.3 is 4.74 Å². The number of methoxy groups -OCH3 is 1. The van der Waals surface area contributed by atoms with Crippen molar-refractivity contribution < 1.29 is 4.74 Å². The number of thioether (sulfide) groups is 4. The number of hydrogen-bond donors (Lipinski definition) is 0. The third-order valence-electron chi connectivity index (χ3n) is 5.63. The van der Waals surface area contributed by atoms with Crippen molar-refractivity contribution in [2.24, 2.45) is 0 Å². The van der Waals surface area contributed by atoms with Crippen LogP contribution in [0.25, 0.3) is 0 Å². The summed E-state index contributed by atoms with van der Waals surface area (Å²) >= 11 is 8.29. The van der Waals surface area contributed by atoms with Crippen LogP contribution in [0.4, 0.5) is 0 Å². The van der Waals surface area contributed by atoms with Gasteiger partial charge in [-0.15, -0.1) is 47.0 Å². The Hall–Kier alpha value is -1.14. The Bertz CT molecular complexity index is 991. The third-order valence-corrected chi connectivity index (χ3v) is 12.7. The first-order chi connectivity index (χ1) is 14.8.